The maximum atomic E-state index is 12.2. The second kappa shape index (κ2) is 4.44. The summed E-state index contributed by atoms with van der Waals surface area (Å²) in [4.78, 5) is 13.8. The van der Waals surface area contributed by atoms with Gasteiger partial charge in [-0.05, 0) is 24.1 Å². The molecule has 1 aromatic rings. The zero-order valence-corrected chi connectivity index (χ0v) is 11.2. The van der Waals surface area contributed by atoms with Gasteiger partial charge in [0.25, 0.3) is 5.91 Å². The van der Waals surface area contributed by atoms with E-state index in [-0.39, 0.29) is 11.8 Å². The molecule has 0 radical (unpaired) electrons. The van der Waals surface area contributed by atoms with E-state index in [1.165, 1.54) is 0 Å². The number of aliphatic hydroxyl groups is 1. The van der Waals surface area contributed by atoms with Gasteiger partial charge in [-0.2, -0.15) is 0 Å². The molecule has 1 heterocycles. The summed E-state index contributed by atoms with van der Waals surface area (Å²) in [6.07, 6.45) is 0. The molecule has 1 aromatic carbocycles. The quantitative estimate of drug-likeness (QED) is 0.804. The van der Waals surface area contributed by atoms with Crippen LogP contribution in [0.15, 0.2) is 18.2 Å². The summed E-state index contributed by atoms with van der Waals surface area (Å²) in [6, 6.07) is 4.82. The number of nitrogens with two attached hydrogens (primary N) is 1. The summed E-state index contributed by atoms with van der Waals surface area (Å²) in [7, 11) is 0. The first-order valence-corrected chi connectivity index (χ1v) is 6.28. The molecule has 1 aliphatic rings. The fraction of sp³-hybridized carbons (Fsp3) is 0.462. The third-order valence-corrected chi connectivity index (χ3v) is 3.83. The SMILES string of the molecule is CC(C)C1(O)CN(C(=O)c2ccc(N)cc2Cl)C1. The predicted octanol–water partition coefficient (Wildman–Crippen LogP) is 1.77. The maximum absolute atomic E-state index is 12.2. The van der Waals surface area contributed by atoms with E-state index in [0.717, 1.165) is 0 Å². The summed E-state index contributed by atoms with van der Waals surface area (Å²) in [6.45, 7) is 4.59. The number of carbonyl (C=O) groups excluding carboxylic acids is 1. The highest BCUT2D eigenvalue weighted by Crippen LogP contribution is 2.31. The number of halogens is 1. The Balaban J connectivity index is 2.11. The fourth-order valence-electron chi connectivity index (χ4n) is 2.00. The molecule has 0 spiro atoms. The highest BCUT2D eigenvalue weighted by atomic mass is 35.5. The van der Waals surface area contributed by atoms with Gasteiger partial charge in [-0.3, -0.25) is 4.79 Å². The number of hydrogen-bond acceptors (Lipinski definition) is 3. The van der Waals surface area contributed by atoms with Crippen molar-refractivity contribution in [2.75, 3.05) is 18.8 Å². The summed E-state index contributed by atoms with van der Waals surface area (Å²) >= 11 is 5.99. The molecular weight excluding hydrogens is 252 g/mol. The van der Waals surface area contributed by atoms with E-state index < -0.39 is 5.60 Å². The maximum Gasteiger partial charge on any atom is 0.255 e. The minimum atomic E-state index is -0.768. The molecule has 3 N–H and O–H groups in total. The van der Waals surface area contributed by atoms with Crippen LogP contribution in [0.4, 0.5) is 5.69 Å². The van der Waals surface area contributed by atoms with Gasteiger partial charge in [0.05, 0.1) is 23.7 Å². The van der Waals surface area contributed by atoms with Crippen LogP contribution < -0.4 is 5.73 Å². The molecule has 1 fully saturated rings. The first-order valence-electron chi connectivity index (χ1n) is 5.90. The number of β-amino-alcohol motifs (C(OH)–C–C–N with tert-alkyl or cyclic N) is 1. The van der Waals surface area contributed by atoms with Crippen molar-refractivity contribution in [3.63, 3.8) is 0 Å². The Morgan fingerprint density at radius 2 is 2.11 bits per heavy atom. The lowest BCUT2D eigenvalue weighted by Gasteiger charge is -2.49. The van der Waals surface area contributed by atoms with Gasteiger partial charge in [0, 0.05) is 5.69 Å². The molecule has 2 rings (SSSR count). The molecule has 0 saturated carbocycles. The van der Waals surface area contributed by atoms with Crippen LogP contribution in [-0.4, -0.2) is 34.6 Å². The molecule has 0 atom stereocenters. The van der Waals surface area contributed by atoms with Crippen LogP contribution in [-0.2, 0) is 0 Å². The Hall–Kier alpha value is -1.26. The summed E-state index contributed by atoms with van der Waals surface area (Å²) < 4.78 is 0. The number of carbonyl (C=O) groups is 1. The highest BCUT2D eigenvalue weighted by molar-refractivity contribution is 6.34. The minimum absolute atomic E-state index is 0.128. The molecule has 0 aromatic heterocycles. The van der Waals surface area contributed by atoms with Crippen molar-refractivity contribution in [1.82, 2.24) is 4.90 Å². The van der Waals surface area contributed by atoms with E-state index in [1.807, 2.05) is 13.8 Å². The van der Waals surface area contributed by atoms with Crippen molar-refractivity contribution in [1.29, 1.82) is 0 Å². The second-order valence-electron chi connectivity index (χ2n) is 5.16. The number of nitrogens with zero attached hydrogens (tertiary/aromatic N) is 1. The van der Waals surface area contributed by atoms with Crippen LogP contribution in [0.2, 0.25) is 5.02 Å². The van der Waals surface area contributed by atoms with E-state index in [1.54, 1.807) is 23.1 Å². The topological polar surface area (TPSA) is 66.6 Å². The predicted molar refractivity (Wildman–Crippen MR) is 71.6 cm³/mol. The molecule has 1 aliphatic heterocycles. The van der Waals surface area contributed by atoms with Crippen molar-refractivity contribution < 1.29 is 9.90 Å². The lowest BCUT2D eigenvalue weighted by molar-refractivity contribution is -0.110. The molecule has 0 aliphatic carbocycles. The van der Waals surface area contributed by atoms with Crippen molar-refractivity contribution >= 4 is 23.2 Å². The summed E-state index contributed by atoms with van der Waals surface area (Å²) in [5.41, 5.74) is 5.77. The molecule has 1 saturated heterocycles. The lowest BCUT2D eigenvalue weighted by Crippen LogP contribution is -2.65. The number of amides is 1. The normalized spacial score (nSPS) is 17.7. The van der Waals surface area contributed by atoms with Gasteiger partial charge in [0.1, 0.15) is 5.60 Å². The van der Waals surface area contributed by atoms with E-state index in [0.29, 0.717) is 29.4 Å². The Labute approximate surface area is 111 Å². The van der Waals surface area contributed by atoms with Crippen LogP contribution in [0.1, 0.15) is 24.2 Å². The van der Waals surface area contributed by atoms with Crippen LogP contribution in [0.5, 0.6) is 0 Å². The van der Waals surface area contributed by atoms with E-state index in [4.69, 9.17) is 17.3 Å². The largest absolute Gasteiger partial charge is 0.399 e. The van der Waals surface area contributed by atoms with Gasteiger partial charge in [0.2, 0.25) is 0 Å². The zero-order chi connectivity index (χ0) is 13.5. The standard InChI is InChI=1S/C13H17ClN2O2/c1-8(2)13(18)6-16(7-13)12(17)10-4-3-9(15)5-11(10)14/h3-5,8,18H,6-7,15H2,1-2H3. The van der Waals surface area contributed by atoms with Crippen LogP contribution in [0.25, 0.3) is 0 Å². The number of nitrogen functional groups attached to an aromatic ring is 1. The monoisotopic (exact) mass is 268 g/mol. The molecule has 0 bridgehead atoms. The van der Waals surface area contributed by atoms with Gasteiger partial charge in [0.15, 0.2) is 0 Å². The van der Waals surface area contributed by atoms with Gasteiger partial charge in [-0.1, -0.05) is 25.4 Å². The van der Waals surface area contributed by atoms with Crippen LogP contribution in [0.3, 0.4) is 0 Å². The fourth-order valence-corrected chi connectivity index (χ4v) is 2.27. The van der Waals surface area contributed by atoms with Crippen molar-refractivity contribution in [2.45, 2.75) is 19.4 Å². The first-order chi connectivity index (χ1) is 8.33. The summed E-state index contributed by atoms with van der Waals surface area (Å²) in [5, 5.41) is 10.5. The van der Waals surface area contributed by atoms with Crippen molar-refractivity contribution in [3.05, 3.63) is 28.8 Å². The lowest BCUT2D eigenvalue weighted by atomic mass is 9.82. The molecule has 4 nitrogen and oxygen atoms in total. The zero-order valence-electron chi connectivity index (χ0n) is 10.5. The van der Waals surface area contributed by atoms with Crippen LogP contribution in [0, 0.1) is 5.92 Å². The molecule has 0 unspecified atom stereocenters. The van der Waals surface area contributed by atoms with E-state index in [2.05, 4.69) is 0 Å². The van der Waals surface area contributed by atoms with Gasteiger partial charge >= 0.3 is 0 Å². The Morgan fingerprint density at radius 1 is 1.50 bits per heavy atom. The third kappa shape index (κ3) is 2.18. The average Bonchev–Trinajstić information content (AvgIpc) is 2.23. The Bertz CT molecular complexity index is 482. The molecule has 5 heteroatoms. The number of anilines is 1. The highest BCUT2D eigenvalue weighted by Gasteiger charge is 2.46. The number of rotatable bonds is 2. The van der Waals surface area contributed by atoms with Crippen molar-refractivity contribution in [2.24, 2.45) is 5.92 Å². The Morgan fingerprint density at radius 3 is 2.61 bits per heavy atom. The summed E-state index contributed by atoms with van der Waals surface area (Å²) in [5.74, 6) is -0.0336. The smallest absolute Gasteiger partial charge is 0.255 e. The number of likely N-dealkylation sites (tertiary alicyclic amines) is 1. The molecule has 18 heavy (non-hydrogen) atoms. The molecule has 1 amide bonds. The molecule has 98 valence electrons. The van der Waals surface area contributed by atoms with Crippen molar-refractivity contribution in [3.8, 4) is 0 Å². The molecular formula is C13H17ClN2O2. The number of hydrogen-bond donors (Lipinski definition) is 2. The van der Waals surface area contributed by atoms with Gasteiger partial charge in [-0.15, -0.1) is 0 Å². The Kier molecular flexibility index (Phi) is 3.25. The van der Waals surface area contributed by atoms with Gasteiger partial charge < -0.3 is 15.7 Å². The first kappa shape index (κ1) is 13.2. The van der Waals surface area contributed by atoms with E-state index in [9.17, 15) is 9.90 Å². The second-order valence-corrected chi connectivity index (χ2v) is 5.57. The van der Waals surface area contributed by atoms with E-state index >= 15 is 0 Å². The number of benzene rings is 1. The van der Waals surface area contributed by atoms with Crippen LogP contribution >= 0.6 is 11.6 Å². The average molecular weight is 269 g/mol. The minimum Gasteiger partial charge on any atom is -0.399 e. The van der Waals surface area contributed by atoms with Gasteiger partial charge in [-0.25, -0.2) is 0 Å². The third-order valence-electron chi connectivity index (χ3n) is 3.51.